The lowest BCUT2D eigenvalue weighted by Crippen LogP contribution is -2.61. The van der Waals surface area contributed by atoms with E-state index in [2.05, 4.69) is 22.4 Å². The Hall–Kier alpha value is -4.07. The van der Waals surface area contributed by atoms with Crippen LogP contribution < -0.4 is 5.32 Å². The van der Waals surface area contributed by atoms with Gasteiger partial charge in [-0.3, -0.25) is 4.79 Å². The van der Waals surface area contributed by atoms with E-state index in [1.807, 2.05) is 42.5 Å². The lowest BCUT2D eigenvalue weighted by Gasteiger charge is -2.40. The van der Waals surface area contributed by atoms with Crippen LogP contribution in [0.25, 0.3) is 11.1 Å². The Balaban J connectivity index is 1.29. The monoisotopic (exact) mass is 459 g/mol. The van der Waals surface area contributed by atoms with E-state index < -0.39 is 30.1 Å². The highest BCUT2D eigenvalue weighted by Gasteiger charge is 2.41. The first-order chi connectivity index (χ1) is 16.5. The van der Waals surface area contributed by atoms with Crippen LogP contribution in [-0.4, -0.2) is 58.2 Å². The normalized spacial score (nSPS) is 17.3. The number of hydrogen-bond acceptors (Lipinski definition) is 4. The zero-order valence-corrected chi connectivity index (χ0v) is 18.4. The maximum absolute atomic E-state index is 13.1. The smallest absolute Gasteiger partial charge is 0.407 e. The van der Waals surface area contributed by atoms with Gasteiger partial charge in [0.05, 0.1) is 0 Å². The Morgan fingerprint density at radius 1 is 1.03 bits per heavy atom. The number of nitrogens with zero attached hydrogens (tertiary/aromatic N) is 1. The fraction of sp³-hybridized carbons (Fsp3) is 0.269. The molecule has 1 saturated heterocycles. The molecule has 1 aromatic heterocycles. The van der Waals surface area contributed by atoms with Gasteiger partial charge in [0.15, 0.2) is 0 Å². The van der Waals surface area contributed by atoms with E-state index in [1.54, 1.807) is 12.3 Å². The van der Waals surface area contributed by atoms with Crippen LogP contribution in [0, 0.1) is 0 Å². The molecule has 1 fully saturated rings. The molecule has 0 spiro atoms. The molecule has 1 aliphatic heterocycles. The molecular formula is C26H25N3O5. The number of nitrogens with one attached hydrogen (secondary N) is 2. The summed E-state index contributed by atoms with van der Waals surface area (Å²) in [5.41, 5.74) is 5.21. The lowest BCUT2D eigenvalue weighted by molar-refractivity contribution is -0.158. The van der Waals surface area contributed by atoms with Crippen LogP contribution in [0.5, 0.6) is 0 Å². The Morgan fingerprint density at radius 2 is 1.71 bits per heavy atom. The Bertz CT molecular complexity index is 1180. The van der Waals surface area contributed by atoms with E-state index in [-0.39, 0.29) is 18.9 Å². The number of hydrogen-bond donors (Lipinski definition) is 3. The number of carbonyl (C=O) groups is 3. The van der Waals surface area contributed by atoms with E-state index in [0.29, 0.717) is 13.0 Å². The first kappa shape index (κ1) is 21.8. The van der Waals surface area contributed by atoms with Crippen molar-refractivity contribution in [2.75, 3.05) is 13.2 Å². The van der Waals surface area contributed by atoms with Crippen LogP contribution in [-0.2, 0) is 20.7 Å². The average molecular weight is 460 g/mol. The van der Waals surface area contributed by atoms with E-state index in [0.717, 1.165) is 27.9 Å². The van der Waals surface area contributed by atoms with Gasteiger partial charge in [0.2, 0.25) is 5.91 Å². The van der Waals surface area contributed by atoms with E-state index in [9.17, 15) is 19.5 Å². The molecule has 2 unspecified atom stereocenters. The number of ether oxygens (including phenoxy) is 1. The molecule has 8 heteroatoms. The van der Waals surface area contributed by atoms with Crippen LogP contribution in [0.2, 0.25) is 0 Å². The van der Waals surface area contributed by atoms with Crippen LogP contribution in [0.1, 0.15) is 29.2 Å². The number of alkyl carbamates (subject to hydrolysis) is 1. The lowest BCUT2D eigenvalue weighted by atomic mass is 9.98. The topological polar surface area (TPSA) is 112 Å². The molecule has 3 N–H and O–H groups in total. The molecule has 0 saturated carbocycles. The summed E-state index contributed by atoms with van der Waals surface area (Å²) >= 11 is 0. The summed E-state index contributed by atoms with van der Waals surface area (Å²) in [4.78, 5) is 41.6. The predicted octanol–water partition coefficient (Wildman–Crippen LogP) is 3.15. The number of likely N-dealkylation sites (tertiary alicyclic amines) is 1. The minimum absolute atomic E-state index is 0.0949. The third kappa shape index (κ3) is 4.03. The number of fused-ring (bicyclic) bond motifs is 3. The minimum Gasteiger partial charge on any atom is -0.480 e. The molecule has 2 atom stereocenters. The number of H-pyrrole nitrogens is 1. The van der Waals surface area contributed by atoms with Gasteiger partial charge < -0.3 is 25.0 Å². The fourth-order valence-electron chi connectivity index (χ4n) is 4.80. The van der Waals surface area contributed by atoms with Gasteiger partial charge in [-0.15, -0.1) is 0 Å². The molecule has 174 valence electrons. The first-order valence-electron chi connectivity index (χ1n) is 11.3. The summed E-state index contributed by atoms with van der Waals surface area (Å²) in [5.74, 6) is -1.57. The van der Waals surface area contributed by atoms with Gasteiger partial charge in [-0.05, 0) is 40.8 Å². The largest absolute Gasteiger partial charge is 0.480 e. The molecule has 1 aliphatic carbocycles. The van der Waals surface area contributed by atoms with Crippen molar-refractivity contribution in [1.82, 2.24) is 15.2 Å². The molecule has 8 nitrogen and oxygen atoms in total. The second-order valence-electron chi connectivity index (χ2n) is 8.60. The molecule has 2 amide bonds. The van der Waals surface area contributed by atoms with Gasteiger partial charge in [0, 0.05) is 30.8 Å². The molecule has 3 aromatic rings. The third-order valence-electron chi connectivity index (χ3n) is 6.61. The van der Waals surface area contributed by atoms with Crippen LogP contribution in [0.15, 0.2) is 66.9 Å². The Morgan fingerprint density at radius 3 is 2.26 bits per heavy atom. The Kier molecular flexibility index (Phi) is 5.79. The Labute approximate surface area is 196 Å². The molecule has 0 bridgehead atoms. The van der Waals surface area contributed by atoms with Gasteiger partial charge in [-0.25, -0.2) is 9.59 Å². The summed E-state index contributed by atoms with van der Waals surface area (Å²) in [5, 5.41) is 12.0. The van der Waals surface area contributed by atoms with Gasteiger partial charge in [-0.2, -0.15) is 0 Å². The summed E-state index contributed by atoms with van der Waals surface area (Å²) in [6.07, 6.45) is 1.63. The molecule has 2 aliphatic rings. The maximum atomic E-state index is 13.1. The number of aromatic amines is 1. The van der Waals surface area contributed by atoms with Crippen LogP contribution in [0.3, 0.4) is 0 Å². The predicted molar refractivity (Wildman–Crippen MR) is 124 cm³/mol. The summed E-state index contributed by atoms with van der Waals surface area (Å²) in [7, 11) is 0. The molecule has 2 aromatic carbocycles. The van der Waals surface area contributed by atoms with E-state index in [1.165, 1.54) is 4.90 Å². The number of aliphatic carboxylic acids is 1. The number of aromatic nitrogens is 1. The number of carboxylic acids is 1. The van der Waals surface area contributed by atoms with Crippen molar-refractivity contribution >= 4 is 18.0 Å². The van der Waals surface area contributed by atoms with E-state index >= 15 is 0 Å². The maximum Gasteiger partial charge on any atom is 0.407 e. The van der Waals surface area contributed by atoms with E-state index in [4.69, 9.17) is 4.74 Å². The minimum atomic E-state index is -1.04. The second kappa shape index (κ2) is 9.05. The van der Waals surface area contributed by atoms with Gasteiger partial charge >= 0.3 is 12.1 Å². The highest BCUT2D eigenvalue weighted by Crippen LogP contribution is 2.44. The molecule has 5 rings (SSSR count). The number of carbonyl (C=O) groups excluding carboxylic acids is 2. The average Bonchev–Trinajstić information content (AvgIpc) is 3.42. The van der Waals surface area contributed by atoms with Gasteiger partial charge in [0.1, 0.15) is 18.7 Å². The quantitative estimate of drug-likeness (QED) is 0.503. The molecule has 0 radical (unpaired) electrons. The summed E-state index contributed by atoms with van der Waals surface area (Å²) in [6, 6.07) is 17.9. The highest BCUT2D eigenvalue weighted by atomic mass is 16.5. The standard InChI is InChI=1S/C26H25N3O5/c30-24(29-13-11-23(29)25(31)32)22(14-16-6-5-12-27-16)28-26(33)34-15-21-19-9-3-1-7-17(19)18-8-2-4-10-20(18)21/h1-10,12,21-23,27H,11,13-15H2,(H,28,33)(H,31,32). The fourth-order valence-corrected chi connectivity index (χ4v) is 4.80. The second-order valence-corrected chi connectivity index (χ2v) is 8.60. The molecule has 34 heavy (non-hydrogen) atoms. The zero-order valence-electron chi connectivity index (χ0n) is 18.4. The summed E-state index contributed by atoms with van der Waals surface area (Å²) < 4.78 is 5.60. The highest BCUT2D eigenvalue weighted by molar-refractivity contribution is 5.90. The van der Waals surface area contributed by atoms with Crippen molar-refractivity contribution in [2.45, 2.75) is 30.8 Å². The van der Waals surface area contributed by atoms with Crippen molar-refractivity contribution < 1.29 is 24.2 Å². The van der Waals surface area contributed by atoms with Crippen molar-refractivity contribution in [1.29, 1.82) is 0 Å². The van der Waals surface area contributed by atoms with Gasteiger partial charge in [0.25, 0.3) is 0 Å². The number of benzene rings is 2. The molecule has 2 heterocycles. The van der Waals surface area contributed by atoms with Crippen molar-refractivity contribution in [3.05, 3.63) is 83.7 Å². The number of amides is 2. The van der Waals surface area contributed by atoms with Gasteiger partial charge in [-0.1, -0.05) is 48.5 Å². The van der Waals surface area contributed by atoms with Crippen molar-refractivity contribution in [3.63, 3.8) is 0 Å². The number of rotatable bonds is 7. The van der Waals surface area contributed by atoms with Crippen LogP contribution in [0.4, 0.5) is 4.79 Å². The SMILES string of the molecule is O=C(NC(Cc1ccc[nH]1)C(=O)N1CCC1C(=O)O)OCC1c2ccccc2-c2ccccc21. The number of carboxylic acid groups (broad SMARTS) is 1. The zero-order chi connectivity index (χ0) is 23.7. The van der Waals surface area contributed by atoms with Crippen molar-refractivity contribution in [3.8, 4) is 11.1 Å². The third-order valence-corrected chi connectivity index (χ3v) is 6.61. The molecular weight excluding hydrogens is 434 g/mol. The van der Waals surface area contributed by atoms with Crippen molar-refractivity contribution in [2.24, 2.45) is 0 Å². The summed E-state index contributed by atoms with van der Waals surface area (Å²) in [6.45, 7) is 0.480. The van der Waals surface area contributed by atoms with Crippen LogP contribution >= 0.6 is 0 Å². The first-order valence-corrected chi connectivity index (χ1v) is 11.3.